The van der Waals surface area contributed by atoms with E-state index in [2.05, 4.69) is 0 Å². The van der Waals surface area contributed by atoms with Crippen LogP contribution in [0.4, 0.5) is 10.1 Å². The molecule has 0 radical (unpaired) electrons. The molecule has 2 aromatic carbocycles. The lowest BCUT2D eigenvalue weighted by atomic mass is 9.99. The second-order valence-corrected chi connectivity index (χ2v) is 4.29. The molecule has 0 spiro atoms. The molecule has 0 aliphatic rings. The predicted octanol–water partition coefficient (Wildman–Crippen LogP) is 2.98. The SMILES string of the molecule is NC(Cc1ccc([N+](=O)[O-])cc1)c1cccc(F)c1. The van der Waals surface area contributed by atoms with E-state index in [1.54, 1.807) is 24.3 Å². The first-order valence-corrected chi connectivity index (χ1v) is 5.80. The number of rotatable bonds is 4. The lowest BCUT2D eigenvalue weighted by Gasteiger charge is -2.12. The standard InChI is InChI=1S/C14H13FN2O2/c15-12-3-1-2-11(9-12)14(16)8-10-4-6-13(7-5-10)17(18)19/h1-7,9,14H,8,16H2. The fourth-order valence-corrected chi connectivity index (χ4v) is 1.86. The van der Waals surface area contributed by atoms with E-state index in [9.17, 15) is 14.5 Å². The molecule has 1 unspecified atom stereocenters. The highest BCUT2D eigenvalue weighted by atomic mass is 19.1. The predicted molar refractivity (Wildman–Crippen MR) is 70.1 cm³/mol. The van der Waals surface area contributed by atoms with Crippen molar-refractivity contribution in [1.82, 2.24) is 0 Å². The number of non-ortho nitro benzene ring substituents is 1. The first kappa shape index (κ1) is 13.2. The van der Waals surface area contributed by atoms with Crippen molar-refractivity contribution in [3.05, 3.63) is 75.6 Å². The van der Waals surface area contributed by atoms with E-state index in [1.807, 2.05) is 0 Å². The van der Waals surface area contributed by atoms with Crippen molar-refractivity contribution >= 4 is 5.69 Å². The van der Waals surface area contributed by atoms with Gasteiger partial charge in [-0.05, 0) is 29.7 Å². The minimum absolute atomic E-state index is 0.0445. The molecule has 2 N–H and O–H groups in total. The van der Waals surface area contributed by atoms with Crippen molar-refractivity contribution in [1.29, 1.82) is 0 Å². The highest BCUT2D eigenvalue weighted by Crippen LogP contribution is 2.19. The van der Waals surface area contributed by atoms with Crippen LogP contribution in [0.3, 0.4) is 0 Å². The van der Waals surface area contributed by atoms with Crippen LogP contribution in [-0.4, -0.2) is 4.92 Å². The van der Waals surface area contributed by atoms with Crippen LogP contribution in [0, 0.1) is 15.9 Å². The van der Waals surface area contributed by atoms with Gasteiger partial charge in [0.2, 0.25) is 0 Å². The van der Waals surface area contributed by atoms with Crippen LogP contribution in [0.25, 0.3) is 0 Å². The molecule has 0 aliphatic carbocycles. The van der Waals surface area contributed by atoms with E-state index in [1.165, 1.54) is 24.3 Å². The Labute approximate surface area is 109 Å². The van der Waals surface area contributed by atoms with Gasteiger partial charge < -0.3 is 5.73 Å². The molecule has 0 amide bonds. The van der Waals surface area contributed by atoms with Crippen LogP contribution in [0.15, 0.2) is 48.5 Å². The molecule has 4 nitrogen and oxygen atoms in total. The maximum absolute atomic E-state index is 13.1. The monoisotopic (exact) mass is 260 g/mol. The molecular weight excluding hydrogens is 247 g/mol. The lowest BCUT2D eigenvalue weighted by molar-refractivity contribution is -0.384. The third-order valence-corrected chi connectivity index (χ3v) is 2.88. The summed E-state index contributed by atoms with van der Waals surface area (Å²) >= 11 is 0. The van der Waals surface area contributed by atoms with E-state index < -0.39 is 4.92 Å². The van der Waals surface area contributed by atoms with Gasteiger partial charge >= 0.3 is 0 Å². The number of nitro benzene ring substituents is 1. The van der Waals surface area contributed by atoms with Gasteiger partial charge in [-0.1, -0.05) is 24.3 Å². The number of nitrogens with zero attached hydrogens (tertiary/aromatic N) is 1. The zero-order chi connectivity index (χ0) is 13.8. The van der Waals surface area contributed by atoms with Gasteiger partial charge in [-0.3, -0.25) is 10.1 Å². The highest BCUT2D eigenvalue weighted by Gasteiger charge is 2.09. The van der Waals surface area contributed by atoms with E-state index >= 15 is 0 Å². The van der Waals surface area contributed by atoms with Crippen molar-refractivity contribution < 1.29 is 9.31 Å². The zero-order valence-electron chi connectivity index (χ0n) is 10.1. The average molecular weight is 260 g/mol. The van der Waals surface area contributed by atoms with Crippen LogP contribution in [0.5, 0.6) is 0 Å². The molecule has 2 rings (SSSR count). The average Bonchev–Trinajstić information content (AvgIpc) is 2.39. The topological polar surface area (TPSA) is 69.2 Å². The van der Waals surface area contributed by atoms with Gasteiger partial charge in [-0.2, -0.15) is 0 Å². The molecule has 0 aliphatic heterocycles. The molecule has 19 heavy (non-hydrogen) atoms. The molecule has 2 aromatic rings. The third-order valence-electron chi connectivity index (χ3n) is 2.88. The summed E-state index contributed by atoms with van der Waals surface area (Å²) < 4.78 is 13.1. The number of halogens is 1. The van der Waals surface area contributed by atoms with Crippen molar-refractivity contribution in [3.8, 4) is 0 Å². The van der Waals surface area contributed by atoms with Gasteiger partial charge in [0.1, 0.15) is 5.82 Å². The van der Waals surface area contributed by atoms with Gasteiger partial charge in [0.15, 0.2) is 0 Å². The summed E-state index contributed by atoms with van der Waals surface area (Å²) in [4.78, 5) is 10.1. The number of benzene rings is 2. The molecule has 98 valence electrons. The molecule has 0 aromatic heterocycles. The van der Waals surface area contributed by atoms with Crippen molar-refractivity contribution in [2.45, 2.75) is 12.5 Å². The summed E-state index contributed by atoms with van der Waals surface area (Å²) in [6.45, 7) is 0. The highest BCUT2D eigenvalue weighted by molar-refractivity contribution is 5.34. The molecule has 5 heteroatoms. The summed E-state index contributed by atoms with van der Waals surface area (Å²) in [6, 6.07) is 12.0. The van der Waals surface area contributed by atoms with Gasteiger partial charge in [-0.25, -0.2) is 4.39 Å². The Bertz CT molecular complexity index is 584. The van der Waals surface area contributed by atoms with E-state index in [0.717, 1.165) is 5.56 Å². The molecule has 1 atom stereocenters. The molecule has 0 heterocycles. The molecular formula is C14H13FN2O2. The largest absolute Gasteiger partial charge is 0.324 e. The minimum atomic E-state index is -0.448. The maximum atomic E-state index is 13.1. The Balaban J connectivity index is 2.10. The van der Waals surface area contributed by atoms with Crippen LogP contribution in [0.1, 0.15) is 17.2 Å². The quantitative estimate of drug-likeness (QED) is 0.678. The minimum Gasteiger partial charge on any atom is -0.324 e. The van der Waals surface area contributed by atoms with E-state index in [-0.39, 0.29) is 17.5 Å². The van der Waals surface area contributed by atoms with E-state index in [0.29, 0.717) is 12.0 Å². The number of nitrogens with two attached hydrogens (primary N) is 1. The number of hydrogen-bond acceptors (Lipinski definition) is 3. The number of hydrogen-bond donors (Lipinski definition) is 1. The van der Waals surface area contributed by atoms with E-state index in [4.69, 9.17) is 5.73 Å². The Hall–Kier alpha value is -2.27. The Morgan fingerprint density at radius 2 is 1.89 bits per heavy atom. The molecule has 0 fully saturated rings. The van der Waals surface area contributed by atoms with Crippen LogP contribution in [0.2, 0.25) is 0 Å². The Morgan fingerprint density at radius 3 is 2.47 bits per heavy atom. The van der Waals surface area contributed by atoms with Crippen LogP contribution >= 0.6 is 0 Å². The summed E-state index contributed by atoms with van der Waals surface area (Å²) in [5.41, 5.74) is 7.62. The van der Waals surface area contributed by atoms with Crippen molar-refractivity contribution in [2.24, 2.45) is 5.73 Å². The second kappa shape index (κ2) is 5.58. The molecule has 0 saturated carbocycles. The first-order valence-electron chi connectivity index (χ1n) is 5.80. The molecule has 0 saturated heterocycles. The first-order chi connectivity index (χ1) is 9.06. The maximum Gasteiger partial charge on any atom is 0.269 e. The fourth-order valence-electron chi connectivity index (χ4n) is 1.86. The summed E-state index contributed by atoms with van der Waals surface area (Å²) in [5, 5.41) is 10.5. The summed E-state index contributed by atoms with van der Waals surface area (Å²) in [5.74, 6) is -0.323. The van der Waals surface area contributed by atoms with Gasteiger partial charge in [-0.15, -0.1) is 0 Å². The van der Waals surface area contributed by atoms with Crippen molar-refractivity contribution in [3.63, 3.8) is 0 Å². The van der Waals surface area contributed by atoms with Crippen molar-refractivity contribution in [2.75, 3.05) is 0 Å². The smallest absolute Gasteiger partial charge is 0.269 e. The fraction of sp³-hybridized carbons (Fsp3) is 0.143. The summed E-state index contributed by atoms with van der Waals surface area (Å²) in [7, 11) is 0. The summed E-state index contributed by atoms with van der Waals surface area (Å²) in [6.07, 6.45) is 0.501. The third kappa shape index (κ3) is 3.35. The Kier molecular flexibility index (Phi) is 3.87. The van der Waals surface area contributed by atoms with Gasteiger partial charge in [0.05, 0.1) is 4.92 Å². The zero-order valence-corrected chi connectivity index (χ0v) is 10.1. The second-order valence-electron chi connectivity index (χ2n) is 4.29. The van der Waals surface area contributed by atoms with Gasteiger partial charge in [0, 0.05) is 18.2 Å². The molecule has 0 bridgehead atoms. The van der Waals surface area contributed by atoms with Gasteiger partial charge in [0.25, 0.3) is 5.69 Å². The van der Waals surface area contributed by atoms with Crippen LogP contribution in [-0.2, 0) is 6.42 Å². The van der Waals surface area contributed by atoms with Crippen LogP contribution < -0.4 is 5.73 Å². The number of nitro groups is 1. The lowest BCUT2D eigenvalue weighted by Crippen LogP contribution is -2.13. The normalized spacial score (nSPS) is 12.1. The Morgan fingerprint density at radius 1 is 1.21 bits per heavy atom.